The lowest BCUT2D eigenvalue weighted by Crippen LogP contribution is -2.08. The summed E-state index contributed by atoms with van der Waals surface area (Å²) in [5, 5.41) is 0. The Bertz CT molecular complexity index is 458. The molecule has 0 aliphatic rings. The second kappa shape index (κ2) is 10.2. The minimum atomic E-state index is 0.355. The van der Waals surface area contributed by atoms with E-state index in [4.69, 9.17) is 0 Å². The minimum absolute atomic E-state index is 0.355. The van der Waals surface area contributed by atoms with Crippen molar-refractivity contribution in [1.82, 2.24) is 0 Å². The van der Waals surface area contributed by atoms with Crippen LogP contribution in [0.3, 0.4) is 0 Å². The maximum atomic E-state index is 2.28. The van der Waals surface area contributed by atoms with Crippen LogP contribution in [0.15, 0.2) is 54.6 Å². The van der Waals surface area contributed by atoms with E-state index < -0.39 is 0 Å². The van der Waals surface area contributed by atoms with Gasteiger partial charge in [-0.1, -0.05) is 103 Å². The molecule has 0 aromatic heterocycles. The van der Waals surface area contributed by atoms with Gasteiger partial charge in [0, 0.05) is 0 Å². The number of rotatable bonds is 2. The highest BCUT2D eigenvalue weighted by Crippen LogP contribution is 2.23. The molecule has 0 radical (unpaired) electrons. The molecule has 0 aliphatic carbocycles. The van der Waals surface area contributed by atoms with E-state index in [1.807, 2.05) is 27.7 Å². The first kappa shape index (κ1) is 19.4. The monoisotopic (exact) mass is 284 g/mol. The topological polar surface area (TPSA) is 0 Å². The lowest BCUT2D eigenvalue weighted by Gasteiger charge is -2.18. The highest BCUT2D eigenvalue weighted by molar-refractivity contribution is 5.63. The van der Waals surface area contributed by atoms with Gasteiger partial charge in [0.15, 0.2) is 0 Å². The Morgan fingerprint density at radius 2 is 1.05 bits per heavy atom. The van der Waals surface area contributed by atoms with E-state index in [-0.39, 0.29) is 0 Å². The molecule has 0 fully saturated rings. The van der Waals surface area contributed by atoms with Crippen molar-refractivity contribution in [3.63, 3.8) is 0 Å². The zero-order chi connectivity index (χ0) is 16.3. The van der Waals surface area contributed by atoms with Gasteiger partial charge in [0.05, 0.1) is 0 Å². The lowest BCUT2D eigenvalue weighted by molar-refractivity contribution is 0.411. The van der Waals surface area contributed by atoms with E-state index in [1.165, 1.54) is 16.7 Å². The Morgan fingerprint density at radius 3 is 1.48 bits per heavy atom. The average molecular weight is 284 g/mol. The first-order chi connectivity index (χ1) is 10.0. The van der Waals surface area contributed by atoms with E-state index in [1.54, 1.807) is 0 Å². The van der Waals surface area contributed by atoms with E-state index in [0.29, 0.717) is 5.41 Å². The van der Waals surface area contributed by atoms with Crippen molar-refractivity contribution in [2.75, 3.05) is 0 Å². The van der Waals surface area contributed by atoms with E-state index >= 15 is 0 Å². The molecule has 116 valence electrons. The van der Waals surface area contributed by atoms with Crippen molar-refractivity contribution in [3.05, 3.63) is 60.2 Å². The molecular weight excluding hydrogens is 252 g/mol. The molecular formula is C21H32. The highest BCUT2D eigenvalue weighted by atomic mass is 14.2. The Hall–Kier alpha value is -1.56. The molecule has 2 aromatic carbocycles. The summed E-state index contributed by atoms with van der Waals surface area (Å²) in [6.45, 7) is 14.8. The van der Waals surface area contributed by atoms with Crippen LogP contribution in [-0.4, -0.2) is 0 Å². The van der Waals surface area contributed by atoms with Crippen LogP contribution in [0.4, 0.5) is 0 Å². The molecule has 2 rings (SSSR count). The van der Waals surface area contributed by atoms with E-state index in [9.17, 15) is 0 Å². The van der Waals surface area contributed by atoms with Crippen LogP contribution in [-0.2, 0) is 6.42 Å². The highest BCUT2D eigenvalue weighted by Gasteiger charge is 2.10. The summed E-state index contributed by atoms with van der Waals surface area (Å²) in [5.74, 6) is 0. The fourth-order valence-corrected chi connectivity index (χ4v) is 2.06. The van der Waals surface area contributed by atoms with Gasteiger partial charge >= 0.3 is 0 Å². The van der Waals surface area contributed by atoms with Crippen LogP contribution < -0.4 is 0 Å². The molecule has 21 heavy (non-hydrogen) atoms. The van der Waals surface area contributed by atoms with Gasteiger partial charge in [-0.15, -0.1) is 0 Å². The van der Waals surface area contributed by atoms with Crippen molar-refractivity contribution < 1.29 is 0 Å². The quantitative estimate of drug-likeness (QED) is 0.557. The molecule has 0 atom stereocenters. The number of hydrogen-bond acceptors (Lipinski definition) is 0. The van der Waals surface area contributed by atoms with Crippen molar-refractivity contribution in [3.8, 4) is 11.1 Å². The summed E-state index contributed by atoms with van der Waals surface area (Å²) in [6.07, 6.45) is 1.13. The smallest absolute Gasteiger partial charge is 0.0184 e. The van der Waals surface area contributed by atoms with Crippen LogP contribution in [0.2, 0.25) is 0 Å². The van der Waals surface area contributed by atoms with E-state index in [0.717, 1.165) is 6.42 Å². The average Bonchev–Trinajstić information content (AvgIpc) is 2.51. The fourth-order valence-electron chi connectivity index (χ4n) is 2.06. The van der Waals surface area contributed by atoms with Crippen LogP contribution in [0.25, 0.3) is 11.1 Å². The Morgan fingerprint density at radius 1 is 0.619 bits per heavy atom. The van der Waals surface area contributed by atoms with Gasteiger partial charge in [0.25, 0.3) is 0 Å². The number of hydrogen-bond donors (Lipinski definition) is 0. The molecule has 0 nitrogen and oxygen atoms in total. The third-order valence-corrected chi connectivity index (χ3v) is 2.80. The van der Waals surface area contributed by atoms with Crippen LogP contribution in [0.1, 0.15) is 54.0 Å². The molecule has 0 unspecified atom stereocenters. The third-order valence-electron chi connectivity index (χ3n) is 2.80. The van der Waals surface area contributed by atoms with E-state index in [2.05, 4.69) is 75.4 Å². The number of benzene rings is 2. The summed E-state index contributed by atoms with van der Waals surface area (Å²) in [7, 11) is 0. The van der Waals surface area contributed by atoms with Crippen LogP contribution in [0, 0.1) is 5.41 Å². The Kier molecular flexibility index (Phi) is 9.45. The Balaban J connectivity index is 0.000000921. The molecule has 0 heteroatoms. The van der Waals surface area contributed by atoms with Gasteiger partial charge in [-0.25, -0.2) is 0 Å². The van der Waals surface area contributed by atoms with Crippen molar-refractivity contribution in [2.45, 2.75) is 54.9 Å². The van der Waals surface area contributed by atoms with Crippen LogP contribution >= 0.6 is 0 Å². The van der Waals surface area contributed by atoms with Gasteiger partial charge in [0.2, 0.25) is 0 Å². The first-order valence-corrected chi connectivity index (χ1v) is 8.19. The zero-order valence-corrected chi connectivity index (χ0v) is 14.9. The second-order valence-electron chi connectivity index (χ2n) is 5.80. The molecule has 0 bridgehead atoms. The van der Waals surface area contributed by atoms with Gasteiger partial charge < -0.3 is 0 Å². The SMILES string of the molecule is CC.CC.CC(C)(C)Cc1ccc(-c2ccccc2)cc1. The van der Waals surface area contributed by atoms with Gasteiger partial charge in [-0.05, 0) is 28.5 Å². The summed E-state index contributed by atoms with van der Waals surface area (Å²) >= 11 is 0. The van der Waals surface area contributed by atoms with Gasteiger partial charge in [-0.2, -0.15) is 0 Å². The molecule has 2 aromatic rings. The standard InChI is InChI=1S/C17H20.2C2H6/c1-17(2,3)13-14-9-11-16(12-10-14)15-7-5-4-6-8-15;2*1-2/h4-12H,13H2,1-3H3;2*1-2H3. The molecule has 0 N–H and O–H groups in total. The third kappa shape index (κ3) is 7.70. The van der Waals surface area contributed by atoms with Crippen molar-refractivity contribution in [2.24, 2.45) is 5.41 Å². The lowest BCUT2D eigenvalue weighted by atomic mass is 9.88. The summed E-state index contributed by atoms with van der Waals surface area (Å²) in [5.41, 5.74) is 4.35. The maximum absolute atomic E-state index is 2.28. The maximum Gasteiger partial charge on any atom is -0.0184 e. The zero-order valence-electron chi connectivity index (χ0n) is 14.9. The van der Waals surface area contributed by atoms with Crippen molar-refractivity contribution in [1.29, 1.82) is 0 Å². The summed E-state index contributed by atoms with van der Waals surface area (Å²) < 4.78 is 0. The van der Waals surface area contributed by atoms with Crippen molar-refractivity contribution >= 4 is 0 Å². The minimum Gasteiger partial charge on any atom is -0.0683 e. The normalized spacial score (nSPS) is 9.86. The Labute approximate surface area is 132 Å². The molecule has 0 saturated heterocycles. The molecule has 0 saturated carbocycles. The predicted octanol–water partition coefficient (Wildman–Crippen LogP) is 6.99. The molecule has 0 amide bonds. The first-order valence-electron chi connectivity index (χ1n) is 8.19. The predicted molar refractivity (Wildman–Crippen MR) is 97.7 cm³/mol. The fraction of sp³-hybridized carbons (Fsp3) is 0.429. The molecule has 0 spiro atoms. The van der Waals surface area contributed by atoms with Crippen LogP contribution in [0.5, 0.6) is 0 Å². The summed E-state index contributed by atoms with van der Waals surface area (Å²) in [6, 6.07) is 19.4. The van der Waals surface area contributed by atoms with Gasteiger partial charge in [0.1, 0.15) is 0 Å². The largest absolute Gasteiger partial charge is 0.0683 e. The molecule has 0 aliphatic heterocycles. The van der Waals surface area contributed by atoms with Gasteiger partial charge in [-0.3, -0.25) is 0 Å². The molecule has 0 heterocycles. The second-order valence-corrected chi connectivity index (χ2v) is 5.80. The summed E-state index contributed by atoms with van der Waals surface area (Å²) in [4.78, 5) is 0.